The van der Waals surface area contributed by atoms with Crippen LogP contribution in [-0.4, -0.2) is 37.0 Å². The van der Waals surface area contributed by atoms with E-state index < -0.39 is 0 Å². The molecule has 114 valence electrons. The fourth-order valence-corrected chi connectivity index (χ4v) is 3.47. The van der Waals surface area contributed by atoms with Gasteiger partial charge in [-0.2, -0.15) is 0 Å². The topological polar surface area (TPSA) is 24.7 Å². The van der Waals surface area contributed by atoms with Crippen LogP contribution < -0.4 is 0 Å². The molecule has 0 saturated heterocycles. The summed E-state index contributed by atoms with van der Waals surface area (Å²) in [5.41, 5.74) is 2.32. The molecule has 0 spiro atoms. The lowest BCUT2D eigenvalue weighted by molar-refractivity contribution is 1.15. The Morgan fingerprint density at radius 3 is 1.45 bits per heavy atom. The van der Waals surface area contributed by atoms with E-state index in [1.807, 2.05) is 70.4 Å². The van der Waals surface area contributed by atoms with Crippen molar-refractivity contribution in [3.63, 3.8) is 0 Å². The highest BCUT2D eigenvalue weighted by Crippen LogP contribution is 2.20. The van der Waals surface area contributed by atoms with Crippen molar-refractivity contribution in [3.05, 3.63) is 71.8 Å². The summed E-state index contributed by atoms with van der Waals surface area (Å²) in [6.07, 6.45) is 3.88. The summed E-state index contributed by atoms with van der Waals surface area (Å²) in [7, 11) is 3.73. The van der Waals surface area contributed by atoms with Gasteiger partial charge in [-0.25, -0.2) is 0 Å². The minimum Gasteiger partial charge on any atom is -0.292 e. The monoisotopic (exact) mass is 328 g/mol. The number of hydrogen-bond acceptors (Lipinski definition) is 4. The zero-order valence-electron chi connectivity index (χ0n) is 12.5. The zero-order valence-corrected chi connectivity index (χ0v) is 14.1. The molecular weight excluding hydrogens is 308 g/mol. The molecule has 2 rings (SSSR count). The SMILES string of the molecule is C(=N/CCSSCC/N=C\c1ccccc1)/c1ccccc1. The van der Waals surface area contributed by atoms with Gasteiger partial charge >= 0.3 is 0 Å². The lowest BCUT2D eigenvalue weighted by Crippen LogP contribution is -1.88. The summed E-state index contributed by atoms with van der Waals surface area (Å²) in [6, 6.07) is 20.4. The van der Waals surface area contributed by atoms with Crippen molar-refractivity contribution >= 4 is 34.0 Å². The van der Waals surface area contributed by atoms with Crippen molar-refractivity contribution in [1.82, 2.24) is 0 Å². The van der Waals surface area contributed by atoms with Gasteiger partial charge in [-0.05, 0) is 11.1 Å². The maximum absolute atomic E-state index is 4.43. The van der Waals surface area contributed by atoms with Gasteiger partial charge in [-0.15, -0.1) is 0 Å². The highest BCUT2D eigenvalue weighted by molar-refractivity contribution is 8.76. The van der Waals surface area contributed by atoms with Gasteiger partial charge in [0.1, 0.15) is 0 Å². The van der Waals surface area contributed by atoms with Crippen molar-refractivity contribution in [1.29, 1.82) is 0 Å². The summed E-state index contributed by atoms with van der Waals surface area (Å²) in [4.78, 5) is 8.85. The average Bonchev–Trinajstić information content (AvgIpc) is 2.58. The van der Waals surface area contributed by atoms with Crippen LogP contribution in [0.5, 0.6) is 0 Å². The summed E-state index contributed by atoms with van der Waals surface area (Å²) >= 11 is 0. The molecule has 0 radical (unpaired) electrons. The quantitative estimate of drug-likeness (QED) is 0.381. The largest absolute Gasteiger partial charge is 0.292 e. The maximum Gasteiger partial charge on any atom is 0.0488 e. The lowest BCUT2D eigenvalue weighted by atomic mass is 10.2. The van der Waals surface area contributed by atoms with Crippen LogP contribution in [0.3, 0.4) is 0 Å². The molecule has 0 aliphatic carbocycles. The predicted octanol–water partition coefficient (Wildman–Crippen LogP) is 4.61. The highest BCUT2D eigenvalue weighted by atomic mass is 33.1. The lowest BCUT2D eigenvalue weighted by Gasteiger charge is -1.97. The molecule has 0 aromatic heterocycles. The molecular formula is C18H20N2S2. The van der Waals surface area contributed by atoms with Gasteiger partial charge in [-0.1, -0.05) is 82.3 Å². The second kappa shape index (κ2) is 11.1. The van der Waals surface area contributed by atoms with E-state index in [1.165, 1.54) is 0 Å². The minimum absolute atomic E-state index is 0.861. The van der Waals surface area contributed by atoms with Gasteiger partial charge < -0.3 is 0 Å². The molecule has 2 aromatic carbocycles. The molecule has 0 aliphatic rings. The summed E-state index contributed by atoms with van der Waals surface area (Å²) in [5, 5.41) is 0. The first kappa shape index (κ1) is 16.8. The minimum atomic E-state index is 0.861. The normalized spacial score (nSPS) is 11.5. The van der Waals surface area contributed by atoms with E-state index >= 15 is 0 Å². The third-order valence-electron chi connectivity index (χ3n) is 2.77. The number of nitrogens with zero attached hydrogens (tertiary/aromatic N) is 2. The van der Waals surface area contributed by atoms with E-state index in [-0.39, 0.29) is 0 Å². The van der Waals surface area contributed by atoms with Crippen molar-refractivity contribution in [2.45, 2.75) is 0 Å². The Kier molecular flexibility index (Phi) is 8.50. The fourth-order valence-electron chi connectivity index (χ4n) is 1.72. The zero-order chi connectivity index (χ0) is 15.3. The Balaban J connectivity index is 1.48. The van der Waals surface area contributed by atoms with E-state index in [4.69, 9.17) is 0 Å². The summed E-state index contributed by atoms with van der Waals surface area (Å²) in [5.74, 6) is 2.08. The van der Waals surface area contributed by atoms with Crippen LogP contribution in [0.1, 0.15) is 11.1 Å². The van der Waals surface area contributed by atoms with Crippen LogP contribution in [0, 0.1) is 0 Å². The average molecular weight is 329 g/mol. The van der Waals surface area contributed by atoms with Crippen molar-refractivity contribution in [2.75, 3.05) is 24.6 Å². The molecule has 2 nitrogen and oxygen atoms in total. The Hall–Kier alpha value is -1.52. The second-order valence-corrected chi connectivity index (χ2v) is 7.24. The molecule has 0 saturated carbocycles. The Labute approximate surface area is 140 Å². The molecule has 0 heterocycles. The van der Waals surface area contributed by atoms with E-state index in [0.717, 1.165) is 35.7 Å². The van der Waals surface area contributed by atoms with Gasteiger partial charge in [0.25, 0.3) is 0 Å². The fraction of sp³-hybridized carbons (Fsp3) is 0.222. The molecule has 0 N–H and O–H groups in total. The van der Waals surface area contributed by atoms with Gasteiger partial charge in [0, 0.05) is 37.0 Å². The van der Waals surface area contributed by atoms with Gasteiger partial charge in [0.05, 0.1) is 0 Å². The van der Waals surface area contributed by atoms with Crippen LogP contribution in [-0.2, 0) is 0 Å². The van der Waals surface area contributed by atoms with Crippen LogP contribution in [0.2, 0.25) is 0 Å². The first-order chi connectivity index (χ1) is 10.9. The van der Waals surface area contributed by atoms with Crippen LogP contribution in [0.25, 0.3) is 0 Å². The van der Waals surface area contributed by atoms with E-state index in [0.29, 0.717) is 0 Å². The molecule has 4 heteroatoms. The van der Waals surface area contributed by atoms with Crippen LogP contribution in [0.15, 0.2) is 70.6 Å². The smallest absolute Gasteiger partial charge is 0.0488 e. The standard InChI is InChI=1S/C18H20N2S2/c1-3-7-17(8-4-1)15-19-11-13-21-22-14-12-20-16-18-9-5-2-6-10-18/h1-10,15-16H,11-14H2/b19-15-,20-16-. The van der Waals surface area contributed by atoms with Crippen molar-refractivity contribution in [2.24, 2.45) is 9.98 Å². The van der Waals surface area contributed by atoms with E-state index in [2.05, 4.69) is 34.3 Å². The number of benzene rings is 2. The van der Waals surface area contributed by atoms with E-state index in [1.54, 1.807) is 0 Å². The first-order valence-electron chi connectivity index (χ1n) is 7.29. The van der Waals surface area contributed by atoms with Crippen molar-refractivity contribution < 1.29 is 0 Å². The van der Waals surface area contributed by atoms with Crippen LogP contribution >= 0.6 is 21.6 Å². The summed E-state index contributed by atoms with van der Waals surface area (Å²) in [6.45, 7) is 1.72. The summed E-state index contributed by atoms with van der Waals surface area (Å²) < 4.78 is 0. The molecule has 2 aromatic rings. The second-order valence-electron chi connectivity index (χ2n) is 4.54. The molecule has 0 atom stereocenters. The number of rotatable bonds is 9. The Bertz CT molecular complexity index is 515. The number of hydrogen-bond donors (Lipinski definition) is 0. The molecule has 0 fully saturated rings. The van der Waals surface area contributed by atoms with Gasteiger partial charge in [0.2, 0.25) is 0 Å². The Morgan fingerprint density at radius 1 is 0.636 bits per heavy atom. The third-order valence-corrected chi connectivity index (χ3v) is 5.14. The highest BCUT2D eigenvalue weighted by Gasteiger charge is 1.90. The molecule has 0 aliphatic heterocycles. The molecule has 0 bridgehead atoms. The molecule has 0 unspecified atom stereocenters. The molecule has 22 heavy (non-hydrogen) atoms. The third kappa shape index (κ3) is 7.48. The first-order valence-corrected chi connectivity index (χ1v) is 9.78. The Morgan fingerprint density at radius 2 is 1.05 bits per heavy atom. The maximum atomic E-state index is 4.43. The van der Waals surface area contributed by atoms with Gasteiger partial charge in [-0.3, -0.25) is 9.98 Å². The van der Waals surface area contributed by atoms with Crippen LogP contribution in [0.4, 0.5) is 0 Å². The van der Waals surface area contributed by atoms with Gasteiger partial charge in [0.15, 0.2) is 0 Å². The number of aliphatic imine (C=N–C) groups is 2. The molecule has 0 amide bonds. The van der Waals surface area contributed by atoms with E-state index in [9.17, 15) is 0 Å². The van der Waals surface area contributed by atoms with Crippen molar-refractivity contribution in [3.8, 4) is 0 Å². The predicted molar refractivity (Wildman–Crippen MR) is 103 cm³/mol.